The topological polar surface area (TPSA) is 46.3 Å². The van der Waals surface area contributed by atoms with E-state index in [1.54, 1.807) is 0 Å². The Labute approximate surface area is 126 Å². The molecule has 0 bridgehead atoms. The molecular formula is C16H23ClN2O. The number of carbonyl (C=O) groups is 1. The molecular weight excluding hydrogens is 272 g/mol. The van der Waals surface area contributed by atoms with Crippen LogP contribution in [-0.4, -0.2) is 23.4 Å². The minimum Gasteiger partial charge on any atom is -0.335 e. The highest BCUT2D eigenvalue weighted by molar-refractivity contribution is 5.85. The van der Waals surface area contributed by atoms with Crippen LogP contribution >= 0.6 is 12.4 Å². The number of benzene rings is 1. The quantitative estimate of drug-likeness (QED) is 0.911. The molecule has 1 aliphatic heterocycles. The summed E-state index contributed by atoms with van der Waals surface area (Å²) in [7, 11) is 0. The summed E-state index contributed by atoms with van der Waals surface area (Å²) in [6.07, 6.45) is 5.05. The second-order valence-electron chi connectivity index (χ2n) is 5.87. The van der Waals surface area contributed by atoms with Gasteiger partial charge < -0.3 is 10.6 Å². The highest BCUT2D eigenvalue weighted by atomic mass is 35.5. The maximum Gasteiger partial charge on any atom is 0.226 e. The first-order chi connectivity index (χ1) is 9.25. The van der Waals surface area contributed by atoms with Gasteiger partial charge in [-0.2, -0.15) is 0 Å². The van der Waals surface area contributed by atoms with E-state index >= 15 is 0 Å². The molecule has 1 aromatic carbocycles. The predicted octanol–water partition coefficient (Wildman–Crippen LogP) is 2.90. The molecule has 1 saturated heterocycles. The maximum absolute atomic E-state index is 12.6. The Morgan fingerprint density at radius 3 is 2.55 bits per heavy atom. The summed E-state index contributed by atoms with van der Waals surface area (Å²) in [4.78, 5) is 14.7. The summed E-state index contributed by atoms with van der Waals surface area (Å²) in [5.74, 6) is 0.499. The van der Waals surface area contributed by atoms with Crippen LogP contribution in [0.15, 0.2) is 30.3 Å². The minimum absolute atomic E-state index is 0. The SMILES string of the molecule is Cl.NC1CCC(C(=O)N2CCCC2c2ccccc2)C1. The Bertz CT molecular complexity index is 451. The average Bonchev–Trinajstić information content (AvgIpc) is 3.07. The zero-order valence-electron chi connectivity index (χ0n) is 11.7. The Kier molecular flexibility index (Phi) is 5.06. The van der Waals surface area contributed by atoms with Crippen LogP contribution in [0.4, 0.5) is 0 Å². The van der Waals surface area contributed by atoms with Crippen molar-refractivity contribution in [2.75, 3.05) is 6.54 Å². The molecule has 2 N–H and O–H groups in total. The molecule has 3 rings (SSSR count). The maximum atomic E-state index is 12.6. The van der Waals surface area contributed by atoms with Crippen LogP contribution in [0.3, 0.4) is 0 Å². The van der Waals surface area contributed by atoms with E-state index in [0.717, 1.165) is 38.6 Å². The van der Waals surface area contributed by atoms with Crippen molar-refractivity contribution in [2.24, 2.45) is 11.7 Å². The lowest BCUT2D eigenvalue weighted by Gasteiger charge is -2.27. The minimum atomic E-state index is 0. The van der Waals surface area contributed by atoms with Crippen molar-refractivity contribution in [3.05, 3.63) is 35.9 Å². The first kappa shape index (κ1) is 15.3. The fraction of sp³-hybridized carbons (Fsp3) is 0.562. The van der Waals surface area contributed by atoms with Gasteiger partial charge in [-0.3, -0.25) is 4.79 Å². The summed E-state index contributed by atoms with van der Waals surface area (Å²) in [5.41, 5.74) is 7.21. The van der Waals surface area contributed by atoms with Gasteiger partial charge in [0.25, 0.3) is 0 Å². The Hall–Kier alpha value is -1.06. The molecule has 1 aromatic rings. The molecule has 3 unspecified atom stereocenters. The van der Waals surface area contributed by atoms with E-state index in [1.165, 1.54) is 5.56 Å². The smallest absolute Gasteiger partial charge is 0.226 e. The van der Waals surface area contributed by atoms with E-state index in [4.69, 9.17) is 5.73 Å². The largest absolute Gasteiger partial charge is 0.335 e. The molecule has 4 heteroatoms. The first-order valence-electron chi connectivity index (χ1n) is 7.36. The number of amides is 1. The molecule has 2 aliphatic rings. The third-order valence-corrected chi connectivity index (χ3v) is 4.54. The van der Waals surface area contributed by atoms with Crippen LogP contribution in [0.1, 0.15) is 43.7 Å². The number of carbonyl (C=O) groups excluding carboxylic acids is 1. The van der Waals surface area contributed by atoms with Gasteiger partial charge in [-0.1, -0.05) is 30.3 Å². The van der Waals surface area contributed by atoms with Crippen molar-refractivity contribution in [3.8, 4) is 0 Å². The van der Waals surface area contributed by atoms with Crippen LogP contribution in [0.2, 0.25) is 0 Å². The first-order valence-corrected chi connectivity index (χ1v) is 7.36. The second kappa shape index (κ2) is 6.59. The van der Waals surface area contributed by atoms with Gasteiger partial charge in [0.05, 0.1) is 6.04 Å². The number of hydrogen-bond acceptors (Lipinski definition) is 2. The standard InChI is InChI=1S/C16H22N2O.ClH/c17-14-9-8-13(11-14)16(19)18-10-4-7-15(18)12-5-2-1-3-6-12;/h1-3,5-6,13-15H,4,7-11,17H2;1H. The number of nitrogens with zero attached hydrogens (tertiary/aromatic N) is 1. The second-order valence-corrected chi connectivity index (χ2v) is 5.87. The molecule has 0 spiro atoms. The molecule has 1 heterocycles. The van der Waals surface area contributed by atoms with Crippen LogP contribution < -0.4 is 5.73 Å². The van der Waals surface area contributed by atoms with E-state index in [0.29, 0.717) is 5.91 Å². The van der Waals surface area contributed by atoms with Gasteiger partial charge >= 0.3 is 0 Å². The Balaban J connectivity index is 0.00000147. The van der Waals surface area contributed by atoms with Gasteiger partial charge in [0.15, 0.2) is 0 Å². The van der Waals surface area contributed by atoms with Crippen LogP contribution in [0.5, 0.6) is 0 Å². The van der Waals surface area contributed by atoms with Crippen LogP contribution in [0, 0.1) is 5.92 Å². The van der Waals surface area contributed by atoms with Crippen molar-refractivity contribution in [3.63, 3.8) is 0 Å². The molecule has 20 heavy (non-hydrogen) atoms. The average molecular weight is 295 g/mol. The normalized spacial score (nSPS) is 29.2. The van der Waals surface area contributed by atoms with Crippen molar-refractivity contribution in [2.45, 2.75) is 44.2 Å². The molecule has 2 fully saturated rings. The molecule has 1 aliphatic carbocycles. The van der Waals surface area contributed by atoms with Gasteiger partial charge in [0.1, 0.15) is 0 Å². The number of likely N-dealkylation sites (tertiary alicyclic amines) is 1. The van der Waals surface area contributed by atoms with Crippen molar-refractivity contribution >= 4 is 18.3 Å². The summed E-state index contributed by atoms with van der Waals surface area (Å²) < 4.78 is 0. The monoisotopic (exact) mass is 294 g/mol. The molecule has 1 amide bonds. The van der Waals surface area contributed by atoms with Crippen LogP contribution in [0.25, 0.3) is 0 Å². The Morgan fingerprint density at radius 1 is 1.15 bits per heavy atom. The zero-order chi connectivity index (χ0) is 13.2. The van der Waals surface area contributed by atoms with Crippen molar-refractivity contribution in [1.82, 2.24) is 4.90 Å². The van der Waals surface area contributed by atoms with Gasteiger partial charge in [-0.05, 0) is 37.7 Å². The summed E-state index contributed by atoms with van der Waals surface area (Å²) >= 11 is 0. The number of hydrogen-bond donors (Lipinski definition) is 1. The van der Waals surface area contributed by atoms with Crippen molar-refractivity contribution in [1.29, 1.82) is 0 Å². The number of halogens is 1. The number of rotatable bonds is 2. The van der Waals surface area contributed by atoms with Gasteiger partial charge in [0.2, 0.25) is 5.91 Å². The molecule has 110 valence electrons. The fourth-order valence-corrected chi connectivity index (χ4v) is 3.53. The zero-order valence-corrected chi connectivity index (χ0v) is 12.5. The van der Waals surface area contributed by atoms with Crippen LogP contribution in [-0.2, 0) is 4.79 Å². The molecule has 0 aromatic heterocycles. The third kappa shape index (κ3) is 2.99. The Morgan fingerprint density at radius 2 is 1.90 bits per heavy atom. The molecule has 0 radical (unpaired) electrons. The fourth-order valence-electron chi connectivity index (χ4n) is 3.53. The number of nitrogens with two attached hydrogens (primary N) is 1. The lowest BCUT2D eigenvalue weighted by Crippen LogP contribution is -2.35. The van der Waals surface area contributed by atoms with E-state index in [2.05, 4.69) is 29.2 Å². The van der Waals surface area contributed by atoms with Crippen molar-refractivity contribution < 1.29 is 4.79 Å². The van der Waals surface area contributed by atoms with E-state index in [9.17, 15) is 4.79 Å². The summed E-state index contributed by atoms with van der Waals surface area (Å²) in [6.45, 7) is 0.907. The van der Waals surface area contributed by atoms with E-state index in [1.807, 2.05) is 6.07 Å². The lowest BCUT2D eigenvalue weighted by atomic mass is 10.0. The molecule has 1 saturated carbocycles. The molecule has 3 atom stereocenters. The summed E-state index contributed by atoms with van der Waals surface area (Å²) in [6, 6.07) is 10.9. The van der Waals surface area contributed by atoms with Gasteiger partial charge in [-0.15, -0.1) is 12.4 Å². The lowest BCUT2D eigenvalue weighted by molar-refractivity contribution is -0.136. The van der Waals surface area contributed by atoms with Gasteiger partial charge in [0, 0.05) is 18.5 Å². The highest BCUT2D eigenvalue weighted by Gasteiger charge is 2.36. The van der Waals surface area contributed by atoms with E-state index < -0.39 is 0 Å². The molecule has 3 nitrogen and oxygen atoms in total. The van der Waals surface area contributed by atoms with Gasteiger partial charge in [-0.25, -0.2) is 0 Å². The highest BCUT2D eigenvalue weighted by Crippen LogP contribution is 2.35. The predicted molar refractivity (Wildman–Crippen MR) is 82.7 cm³/mol. The summed E-state index contributed by atoms with van der Waals surface area (Å²) in [5, 5.41) is 0. The third-order valence-electron chi connectivity index (χ3n) is 4.54. The van der Waals surface area contributed by atoms with E-state index in [-0.39, 0.29) is 30.4 Å².